The number of carboxylic acids is 1. The summed E-state index contributed by atoms with van der Waals surface area (Å²) in [5.74, 6) is -0.972. The summed E-state index contributed by atoms with van der Waals surface area (Å²) < 4.78 is 1.89. The van der Waals surface area contributed by atoms with Crippen molar-refractivity contribution in [2.75, 3.05) is 13.6 Å². The number of amides is 1. The molecule has 0 unspecified atom stereocenters. The largest absolute Gasteiger partial charge is 0.481 e. The van der Waals surface area contributed by atoms with Crippen molar-refractivity contribution in [2.45, 2.75) is 39.0 Å². The summed E-state index contributed by atoms with van der Waals surface area (Å²) in [6.07, 6.45) is 3.32. The van der Waals surface area contributed by atoms with Crippen molar-refractivity contribution < 1.29 is 14.7 Å². The molecule has 1 aromatic carbocycles. The topological polar surface area (TPSA) is 75.4 Å². The minimum atomic E-state index is -0.842. The summed E-state index contributed by atoms with van der Waals surface area (Å²) in [5.41, 5.74) is 4.81. The minimum Gasteiger partial charge on any atom is -0.481 e. The molecule has 1 aliphatic carbocycles. The average molecular weight is 341 g/mol. The Hall–Kier alpha value is -2.63. The second-order valence-electron chi connectivity index (χ2n) is 6.60. The smallest absolute Gasteiger partial charge is 0.303 e. The van der Waals surface area contributed by atoms with Gasteiger partial charge in [0.15, 0.2) is 5.69 Å². The molecule has 6 heteroatoms. The summed E-state index contributed by atoms with van der Waals surface area (Å²) in [5, 5.41) is 13.3. The average Bonchev–Trinajstić information content (AvgIpc) is 3.17. The van der Waals surface area contributed by atoms with Crippen LogP contribution in [0.25, 0.3) is 5.69 Å². The van der Waals surface area contributed by atoms with Crippen LogP contribution in [-0.4, -0.2) is 45.3 Å². The van der Waals surface area contributed by atoms with Gasteiger partial charge in [-0.05, 0) is 44.7 Å². The fourth-order valence-electron chi connectivity index (χ4n) is 3.26. The number of nitrogens with zero attached hydrogens (tertiary/aromatic N) is 3. The van der Waals surface area contributed by atoms with Crippen molar-refractivity contribution in [2.24, 2.45) is 0 Å². The highest BCUT2D eigenvalue weighted by atomic mass is 16.4. The maximum Gasteiger partial charge on any atom is 0.303 e. The maximum atomic E-state index is 12.8. The molecule has 0 fully saturated rings. The lowest BCUT2D eigenvalue weighted by molar-refractivity contribution is -0.137. The first-order valence-corrected chi connectivity index (χ1v) is 8.62. The normalized spacial score (nSPS) is 12.9. The number of hydrogen-bond donors (Lipinski definition) is 1. The second-order valence-corrected chi connectivity index (χ2v) is 6.60. The van der Waals surface area contributed by atoms with Crippen molar-refractivity contribution in [3.8, 4) is 5.69 Å². The van der Waals surface area contributed by atoms with Crippen LogP contribution in [0.15, 0.2) is 24.3 Å². The van der Waals surface area contributed by atoms with E-state index in [-0.39, 0.29) is 12.3 Å². The van der Waals surface area contributed by atoms with E-state index in [0.717, 1.165) is 36.2 Å². The number of carbonyl (C=O) groups excluding carboxylic acids is 1. The minimum absolute atomic E-state index is 0.0630. The van der Waals surface area contributed by atoms with Gasteiger partial charge in [0.25, 0.3) is 5.91 Å². The van der Waals surface area contributed by atoms with Crippen molar-refractivity contribution in [1.82, 2.24) is 14.7 Å². The van der Waals surface area contributed by atoms with Crippen LogP contribution in [0.4, 0.5) is 0 Å². The van der Waals surface area contributed by atoms with Gasteiger partial charge in [0.05, 0.1) is 5.69 Å². The van der Waals surface area contributed by atoms with E-state index in [2.05, 4.69) is 5.10 Å². The molecule has 1 N–H and O–H groups in total. The van der Waals surface area contributed by atoms with Crippen LogP contribution >= 0.6 is 0 Å². The molecule has 1 amide bonds. The van der Waals surface area contributed by atoms with E-state index in [1.807, 2.05) is 35.9 Å². The van der Waals surface area contributed by atoms with E-state index < -0.39 is 5.97 Å². The van der Waals surface area contributed by atoms with Gasteiger partial charge >= 0.3 is 5.97 Å². The molecule has 0 atom stereocenters. The van der Waals surface area contributed by atoms with Gasteiger partial charge in [0.2, 0.25) is 0 Å². The lowest BCUT2D eigenvalue weighted by atomic mass is 10.1. The van der Waals surface area contributed by atoms with E-state index in [1.165, 1.54) is 5.56 Å². The number of aromatic nitrogens is 2. The Labute approximate surface area is 147 Å². The lowest BCUT2D eigenvalue weighted by Gasteiger charge is -2.15. The first-order chi connectivity index (χ1) is 12.0. The summed E-state index contributed by atoms with van der Waals surface area (Å²) in [4.78, 5) is 25.0. The first kappa shape index (κ1) is 17.2. The summed E-state index contributed by atoms with van der Waals surface area (Å²) in [6.45, 7) is 2.45. The molecular formula is C19H23N3O3. The number of aryl methyl sites for hydroxylation is 1. The molecule has 1 aromatic heterocycles. The van der Waals surface area contributed by atoms with Crippen LogP contribution in [0.5, 0.6) is 0 Å². The quantitative estimate of drug-likeness (QED) is 0.876. The molecular weight excluding hydrogens is 318 g/mol. The molecule has 6 nitrogen and oxygen atoms in total. The van der Waals surface area contributed by atoms with Gasteiger partial charge in [-0.2, -0.15) is 5.10 Å². The number of benzene rings is 1. The fraction of sp³-hybridized carbons (Fsp3) is 0.421. The molecule has 1 heterocycles. The molecule has 1 aliphatic rings. The SMILES string of the molecule is Cc1ccc(-n2nc(C(=O)N(C)CCCC(=O)O)c3c2CCC3)cc1. The Morgan fingerprint density at radius 1 is 1.24 bits per heavy atom. The molecule has 0 saturated carbocycles. The van der Waals surface area contributed by atoms with Gasteiger partial charge in [-0.15, -0.1) is 0 Å². The number of rotatable bonds is 6. The fourth-order valence-corrected chi connectivity index (χ4v) is 3.26. The third-order valence-corrected chi connectivity index (χ3v) is 4.64. The van der Waals surface area contributed by atoms with Crippen molar-refractivity contribution in [3.63, 3.8) is 0 Å². The van der Waals surface area contributed by atoms with Crippen LogP contribution in [-0.2, 0) is 17.6 Å². The van der Waals surface area contributed by atoms with Crippen LogP contribution in [0.2, 0.25) is 0 Å². The highest BCUT2D eigenvalue weighted by Gasteiger charge is 2.28. The Morgan fingerprint density at radius 2 is 1.96 bits per heavy atom. The zero-order chi connectivity index (χ0) is 18.0. The summed E-state index contributed by atoms with van der Waals surface area (Å²) >= 11 is 0. The number of hydrogen-bond acceptors (Lipinski definition) is 3. The molecule has 3 rings (SSSR count). The van der Waals surface area contributed by atoms with Crippen LogP contribution in [0.3, 0.4) is 0 Å². The number of carbonyl (C=O) groups is 2. The Bertz CT molecular complexity index is 793. The monoisotopic (exact) mass is 341 g/mol. The van der Waals surface area contributed by atoms with Gasteiger partial charge < -0.3 is 10.0 Å². The molecule has 0 aliphatic heterocycles. The van der Waals surface area contributed by atoms with Gasteiger partial charge in [0, 0.05) is 31.3 Å². The van der Waals surface area contributed by atoms with E-state index >= 15 is 0 Å². The Balaban J connectivity index is 1.85. The highest BCUT2D eigenvalue weighted by Crippen LogP contribution is 2.28. The third kappa shape index (κ3) is 3.57. The predicted molar refractivity (Wildman–Crippen MR) is 94.2 cm³/mol. The lowest BCUT2D eigenvalue weighted by Crippen LogP contribution is -2.29. The van der Waals surface area contributed by atoms with E-state index in [1.54, 1.807) is 11.9 Å². The highest BCUT2D eigenvalue weighted by molar-refractivity contribution is 5.94. The summed E-state index contributed by atoms with van der Waals surface area (Å²) in [6, 6.07) is 8.12. The standard InChI is InChI=1S/C19H23N3O3/c1-13-8-10-14(11-9-13)22-16-6-3-5-15(16)18(20-22)19(25)21(2)12-4-7-17(23)24/h8-11H,3-7,12H2,1-2H3,(H,23,24). The molecule has 0 radical (unpaired) electrons. The zero-order valence-corrected chi connectivity index (χ0v) is 14.7. The van der Waals surface area contributed by atoms with E-state index in [4.69, 9.17) is 5.11 Å². The Kier molecular flexibility index (Phi) is 4.88. The van der Waals surface area contributed by atoms with Crippen molar-refractivity contribution in [1.29, 1.82) is 0 Å². The molecule has 0 spiro atoms. The zero-order valence-electron chi connectivity index (χ0n) is 14.7. The molecule has 25 heavy (non-hydrogen) atoms. The van der Waals surface area contributed by atoms with Gasteiger partial charge in [-0.25, -0.2) is 4.68 Å². The second kappa shape index (κ2) is 7.09. The first-order valence-electron chi connectivity index (χ1n) is 8.62. The number of carboxylic acid groups (broad SMARTS) is 1. The van der Waals surface area contributed by atoms with Gasteiger partial charge in [-0.1, -0.05) is 17.7 Å². The van der Waals surface area contributed by atoms with Crippen LogP contribution in [0, 0.1) is 6.92 Å². The summed E-state index contributed by atoms with van der Waals surface area (Å²) in [7, 11) is 1.70. The molecule has 2 aromatic rings. The van der Waals surface area contributed by atoms with E-state index in [9.17, 15) is 9.59 Å². The third-order valence-electron chi connectivity index (χ3n) is 4.64. The van der Waals surface area contributed by atoms with Crippen LogP contribution in [0.1, 0.15) is 46.6 Å². The Morgan fingerprint density at radius 3 is 2.64 bits per heavy atom. The van der Waals surface area contributed by atoms with E-state index in [0.29, 0.717) is 18.7 Å². The van der Waals surface area contributed by atoms with Gasteiger partial charge in [-0.3, -0.25) is 9.59 Å². The predicted octanol–water partition coefficient (Wildman–Crippen LogP) is 2.61. The maximum absolute atomic E-state index is 12.8. The van der Waals surface area contributed by atoms with Crippen molar-refractivity contribution in [3.05, 3.63) is 46.8 Å². The van der Waals surface area contributed by atoms with Crippen LogP contribution < -0.4 is 0 Å². The number of aliphatic carboxylic acids is 1. The van der Waals surface area contributed by atoms with Crippen molar-refractivity contribution >= 4 is 11.9 Å². The molecule has 132 valence electrons. The molecule has 0 bridgehead atoms. The van der Waals surface area contributed by atoms with Gasteiger partial charge in [0.1, 0.15) is 0 Å². The number of fused-ring (bicyclic) bond motifs is 1. The molecule has 0 saturated heterocycles.